The topological polar surface area (TPSA) is 96.4 Å². The third-order valence-electron chi connectivity index (χ3n) is 3.47. The third-order valence-corrected chi connectivity index (χ3v) is 4.62. The number of morpholine rings is 1. The van der Waals surface area contributed by atoms with Gasteiger partial charge in [-0.25, -0.2) is 14.7 Å². The number of nitrogens with zero attached hydrogens (tertiary/aromatic N) is 4. The molecule has 25 heavy (non-hydrogen) atoms. The number of amides is 1. The molecule has 3 rings (SSSR count). The number of ether oxygens (including phenoxy) is 2. The molecule has 0 unspecified atom stereocenters. The molecule has 2 aliphatic rings. The normalized spacial score (nSPS) is 18.5. The summed E-state index contributed by atoms with van der Waals surface area (Å²) < 4.78 is 10.4. The lowest BCUT2D eigenvalue weighted by Gasteiger charge is -2.24. The molecule has 9 nitrogen and oxygen atoms in total. The van der Waals surface area contributed by atoms with Crippen molar-refractivity contribution in [1.82, 2.24) is 15.3 Å². The molecule has 0 atom stereocenters. The second kappa shape index (κ2) is 7.85. The van der Waals surface area contributed by atoms with Gasteiger partial charge in [-0.05, 0) is 19.1 Å². The van der Waals surface area contributed by atoms with Gasteiger partial charge in [0.1, 0.15) is 5.69 Å². The molecule has 0 saturated carbocycles. The van der Waals surface area contributed by atoms with Crippen molar-refractivity contribution in [1.29, 1.82) is 0 Å². The first-order valence-corrected chi connectivity index (χ1v) is 9.04. The van der Waals surface area contributed by atoms with Crippen molar-refractivity contribution in [2.45, 2.75) is 6.92 Å². The van der Waals surface area contributed by atoms with Gasteiger partial charge >= 0.3 is 5.97 Å². The summed E-state index contributed by atoms with van der Waals surface area (Å²) in [6, 6.07) is 0. The van der Waals surface area contributed by atoms with Gasteiger partial charge in [0.15, 0.2) is 16.0 Å². The smallest absolute Gasteiger partial charge is 0.361 e. The van der Waals surface area contributed by atoms with Gasteiger partial charge in [-0.15, -0.1) is 11.3 Å². The van der Waals surface area contributed by atoms with Crippen molar-refractivity contribution in [3.63, 3.8) is 0 Å². The molecule has 2 fully saturated rings. The zero-order chi connectivity index (χ0) is 17.8. The predicted octanol–water partition coefficient (Wildman–Crippen LogP) is -0.0364. The summed E-state index contributed by atoms with van der Waals surface area (Å²) >= 11 is 6.33. The van der Waals surface area contributed by atoms with Gasteiger partial charge in [-0.2, -0.15) is 5.10 Å². The number of carbonyl (C=O) groups is 2. The van der Waals surface area contributed by atoms with E-state index in [4.69, 9.17) is 21.7 Å². The van der Waals surface area contributed by atoms with E-state index in [1.165, 1.54) is 16.2 Å². The van der Waals surface area contributed by atoms with Crippen LogP contribution in [0.5, 0.6) is 0 Å². The predicted molar refractivity (Wildman–Crippen MR) is 95.8 cm³/mol. The Morgan fingerprint density at radius 2 is 2.28 bits per heavy atom. The number of hydrazone groups is 1. The fourth-order valence-corrected chi connectivity index (χ4v) is 3.43. The highest BCUT2D eigenvalue weighted by molar-refractivity contribution is 7.80. The van der Waals surface area contributed by atoms with Crippen LogP contribution in [0.4, 0.5) is 5.13 Å². The molecule has 0 spiro atoms. The van der Waals surface area contributed by atoms with Crippen molar-refractivity contribution >= 4 is 51.4 Å². The van der Waals surface area contributed by atoms with Crippen LogP contribution in [0.15, 0.2) is 10.5 Å². The molecule has 1 aromatic heterocycles. The molecule has 0 bridgehead atoms. The van der Waals surface area contributed by atoms with Crippen LogP contribution >= 0.6 is 23.6 Å². The van der Waals surface area contributed by atoms with E-state index in [9.17, 15) is 9.59 Å². The van der Waals surface area contributed by atoms with Crippen molar-refractivity contribution in [3.8, 4) is 0 Å². The van der Waals surface area contributed by atoms with Crippen LogP contribution < -0.4 is 10.2 Å². The SMILES string of the molecule is CCOC(=O)/C(=N\N1CCOCC1)c1csc(N2C(=O)CNC2=S)n1. The number of nitrogens with one attached hydrogen (secondary N) is 1. The highest BCUT2D eigenvalue weighted by atomic mass is 32.1. The van der Waals surface area contributed by atoms with Crippen molar-refractivity contribution in [3.05, 3.63) is 11.1 Å². The Labute approximate surface area is 153 Å². The fourth-order valence-electron chi connectivity index (χ4n) is 2.28. The Morgan fingerprint density at radius 3 is 2.92 bits per heavy atom. The van der Waals surface area contributed by atoms with Gasteiger partial charge in [-0.1, -0.05) is 0 Å². The largest absolute Gasteiger partial charge is 0.461 e. The standard InChI is InChI=1S/C14H17N5O4S2/c1-2-23-12(21)11(17-18-3-5-22-6-4-18)9-8-25-14(16-9)19-10(20)7-15-13(19)24/h8H,2-7H2,1H3,(H,15,24)/b17-11-. The lowest BCUT2D eigenvalue weighted by atomic mass is 10.3. The molecule has 1 N–H and O–H groups in total. The minimum atomic E-state index is -0.556. The number of esters is 1. The summed E-state index contributed by atoms with van der Waals surface area (Å²) in [5, 5.41) is 11.3. The monoisotopic (exact) mass is 383 g/mol. The maximum Gasteiger partial charge on any atom is 0.361 e. The van der Waals surface area contributed by atoms with E-state index in [1.807, 2.05) is 0 Å². The van der Waals surface area contributed by atoms with Crippen LogP contribution in [0.3, 0.4) is 0 Å². The summed E-state index contributed by atoms with van der Waals surface area (Å²) in [7, 11) is 0. The molecule has 0 aliphatic carbocycles. The third kappa shape index (κ3) is 3.94. The van der Waals surface area contributed by atoms with Crippen LogP contribution in [0.25, 0.3) is 0 Å². The lowest BCUT2D eigenvalue weighted by Crippen LogP contribution is -2.35. The summed E-state index contributed by atoms with van der Waals surface area (Å²) in [5.74, 6) is -0.743. The van der Waals surface area contributed by atoms with E-state index in [1.54, 1.807) is 17.3 Å². The van der Waals surface area contributed by atoms with Gasteiger partial charge in [0.05, 0.1) is 39.5 Å². The molecule has 1 amide bonds. The van der Waals surface area contributed by atoms with E-state index in [-0.39, 0.29) is 24.8 Å². The average molecular weight is 383 g/mol. The van der Waals surface area contributed by atoms with Crippen molar-refractivity contribution in [2.24, 2.45) is 5.10 Å². The minimum absolute atomic E-state index is 0.108. The zero-order valence-corrected chi connectivity index (χ0v) is 15.2. The van der Waals surface area contributed by atoms with Gasteiger partial charge < -0.3 is 14.8 Å². The van der Waals surface area contributed by atoms with Gasteiger partial charge in [0, 0.05) is 5.38 Å². The van der Waals surface area contributed by atoms with E-state index in [2.05, 4.69) is 15.4 Å². The molecule has 1 aromatic rings. The maximum absolute atomic E-state index is 12.3. The van der Waals surface area contributed by atoms with E-state index < -0.39 is 5.97 Å². The Balaban J connectivity index is 1.88. The number of hydrogen-bond acceptors (Lipinski definition) is 9. The second-order valence-electron chi connectivity index (χ2n) is 5.14. The Bertz CT molecular complexity index is 698. The van der Waals surface area contributed by atoms with Gasteiger partial charge in [0.25, 0.3) is 5.91 Å². The Hall–Kier alpha value is -2.11. The van der Waals surface area contributed by atoms with Crippen LogP contribution in [-0.2, 0) is 19.1 Å². The van der Waals surface area contributed by atoms with Gasteiger partial charge in [-0.3, -0.25) is 9.80 Å². The first-order chi connectivity index (χ1) is 12.1. The first kappa shape index (κ1) is 17.7. The molecule has 11 heteroatoms. The lowest BCUT2D eigenvalue weighted by molar-refractivity contribution is -0.135. The number of thiazole rings is 1. The number of rotatable bonds is 5. The van der Waals surface area contributed by atoms with Crippen LogP contribution in [0, 0.1) is 0 Å². The minimum Gasteiger partial charge on any atom is -0.461 e. The van der Waals surface area contributed by atoms with E-state index in [0.29, 0.717) is 42.2 Å². The van der Waals surface area contributed by atoms with E-state index in [0.717, 1.165) is 0 Å². The molecule has 0 aromatic carbocycles. The Kier molecular flexibility index (Phi) is 5.56. The molecule has 134 valence electrons. The number of anilines is 1. The van der Waals surface area contributed by atoms with Crippen LogP contribution in [0.2, 0.25) is 0 Å². The van der Waals surface area contributed by atoms with Crippen LogP contribution in [0.1, 0.15) is 12.6 Å². The van der Waals surface area contributed by atoms with E-state index >= 15 is 0 Å². The zero-order valence-electron chi connectivity index (χ0n) is 13.6. The maximum atomic E-state index is 12.3. The summed E-state index contributed by atoms with van der Waals surface area (Å²) in [5.41, 5.74) is 0.462. The molecule has 3 heterocycles. The molecule has 2 saturated heterocycles. The highest BCUT2D eigenvalue weighted by Crippen LogP contribution is 2.23. The number of aromatic nitrogens is 1. The average Bonchev–Trinajstić information content (AvgIpc) is 3.20. The van der Waals surface area contributed by atoms with Gasteiger partial charge in [0.2, 0.25) is 0 Å². The number of carbonyl (C=O) groups excluding carboxylic acids is 2. The highest BCUT2D eigenvalue weighted by Gasteiger charge is 2.30. The quantitative estimate of drug-likeness (QED) is 0.430. The summed E-state index contributed by atoms with van der Waals surface area (Å²) in [4.78, 5) is 29.9. The fraction of sp³-hybridized carbons (Fsp3) is 0.500. The van der Waals surface area contributed by atoms with Crippen LogP contribution in [-0.4, -0.2) is 72.1 Å². The van der Waals surface area contributed by atoms with Crippen molar-refractivity contribution < 1.29 is 19.1 Å². The molecular weight excluding hydrogens is 366 g/mol. The first-order valence-electron chi connectivity index (χ1n) is 7.75. The molecule has 2 aliphatic heterocycles. The van der Waals surface area contributed by atoms with Crippen molar-refractivity contribution in [2.75, 3.05) is 44.4 Å². The molecule has 0 radical (unpaired) electrons. The molecular formula is C14H17N5O4S2. The summed E-state index contributed by atoms with van der Waals surface area (Å²) in [6.07, 6.45) is 0. The number of thiocarbonyl (C=S) groups is 1. The summed E-state index contributed by atoms with van der Waals surface area (Å²) in [6.45, 7) is 4.35. The number of hydrogen-bond donors (Lipinski definition) is 1. The second-order valence-corrected chi connectivity index (χ2v) is 6.36. The Morgan fingerprint density at radius 1 is 1.52 bits per heavy atom.